The summed E-state index contributed by atoms with van der Waals surface area (Å²) in [5.74, 6) is 0.0513. The van der Waals surface area contributed by atoms with E-state index in [4.69, 9.17) is 0 Å². The summed E-state index contributed by atoms with van der Waals surface area (Å²) in [6.07, 6.45) is 2.57. The molecule has 0 aliphatic carbocycles. The van der Waals surface area contributed by atoms with Crippen molar-refractivity contribution in [2.75, 3.05) is 0 Å². The summed E-state index contributed by atoms with van der Waals surface area (Å²) >= 11 is 0. The second-order valence-electron chi connectivity index (χ2n) is 6.17. The maximum Gasteiger partial charge on any atom is 0.196 e. The first-order valence-corrected chi connectivity index (χ1v) is 7.00. The van der Waals surface area contributed by atoms with Crippen molar-refractivity contribution in [1.82, 2.24) is 9.78 Å². The Kier molecular flexibility index (Phi) is 3.80. The second kappa shape index (κ2) is 5.23. The van der Waals surface area contributed by atoms with Crippen LogP contribution in [-0.2, 0) is 18.9 Å². The fourth-order valence-corrected chi connectivity index (χ4v) is 2.26. The Morgan fingerprint density at radius 1 is 1.20 bits per heavy atom. The van der Waals surface area contributed by atoms with Crippen molar-refractivity contribution in [3.05, 3.63) is 52.8 Å². The smallest absolute Gasteiger partial charge is 0.196 e. The number of hydrogen-bond donors (Lipinski definition) is 0. The van der Waals surface area contributed by atoms with Gasteiger partial charge >= 0.3 is 0 Å². The van der Waals surface area contributed by atoms with Crippen LogP contribution in [0.4, 0.5) is 0 Å². The average molecular weight is 270 g/mol. The summed E-state index contributed by atoms with van der Waals surface area (Å²) in [6.45, 7) is 8.52. The van der Waals surface area contributed by atoms with Crippen LogP contribution in [0, 0.1) is 0 Å². The first-order chi connectivity index (χ1) is 9.32. The van der Waals surface area contributed by atoms with Crippen LogP contribution in [0.1, 0.15) is 54.9 Å². The molecular formula is C17H22N2O. The minimum atomic E-state index is 0.0513. The first kappa shape index (κ1) is 14.5. The fourth-order valence-electron chi connectivity index (χ4n) is 2.26. The zero-order valence-electron chi connectivity index (χ0n) is 12.9. The SMILES string of the molecule is CCc1nn(C)cc1C(=O)c1ccc(C(C)(C)C)cc1. The van der Waals surface area contributed by atoms with Gasteiger partial charge in [0.25, 0.3) is 0 Å². The van der Waals surface area contributed by atoms with Crippen LogP contribution in [0.3, 0.4) is 0 Å². The molecule has 0 radical (unpaired) electrons. The van der Waals surface area contributed by atoms with Gasteiger partial charge in [-0.2, -0.15) is 5.10 Å². The van der Waals surface area contributed by atoms with Crippen LogP contribution < -0.4 is 0 Å². The van der Waals surface area contributed by atoms with Gasteiger partial charge in [-0.25, -0.2) is 0 Å². The van der Waals surface area contributed by atoms with Crippen molar-refractivity contribution < 1.29 is 4.79 Å². The first-order valence-electron chi connectivity index (χ1n) is 7.00. The van der Waals surface area contributed by atoms with E-state index in [2.05, 4.69) is 25.9 Å². The molecule has 2 rings (SSSR count). The highest BCUT2D eigenvalue weighted by Crippen LogP contribution is 2.23. The molecule has 3 heteroatoms. The van der Waals surface area contributed by atoms with E-state index in [0.717, 1.165) is 17.7 Å². The highest BCUT2D eigenvalue weighted by molar-refractivity contribution is 6.09. The lowest BCUT2D eigenvalue weighted by molar-refractivity contribution is 0.103. The van der Waals surface area contributed by atoms with Gasteiger partial charge in [0, 0.05) is 18.8 Å². The maximum atomic E-state index is 12.5. The topological polar surface area (TPSA) is 34.9 Å². The molecule has 0 amide bonds. The van der Waals surface area contributed by atoms with Crippen molar-refractivity contribution in [3.8, 4) is 0 Å². The second-order valence-corrected chi connectivity index (χ2v) is 6.17. The van der Waals surface area contributed by atoms with Gasteiger partial charge in [-0.3, -0.25) is 9.48 Å². The van der Waals surface area contributed by atoms with E-state index in [9.17, 15) is 4.79 Å². The van der Waals surface area contributed by atoms with E-state index in [0.29, 0.717) is 5.56 Å². The van der Waals surface area contributed by atoms with Crippen LogP contribution in [-0.4, -0.2) is 15.6 Å². The molecule has 0 fully saturated rings. The molecule has 0 N–H and O–H groups in total. The third kappa shape index (κ3) is 2.82. The Bertz CT molecular complexity index is 615. The van der Waals surface area contributed by atoms with Gasteiger partial charge in [-0.1, -0.05) is 52.0 Å². The van der Waals surface area contributed by atoms with Crippen molar-refractivity contribution >= 4 is 5.78 Å². The summed E-state index contributed by atoms with van der Waals surface area (Å²) in [6, 6.07) is 7.90. The Hall–Kier alpha value is -1.90. The van der Waals surface area contributed by atoms with Gasteiger partial charge in [-0.15, -0.1) is 0 Å². The molecule has 0 spiro atoms. The van der Waals surface area contributed by atoms with E-state index in [1.807, 2.05) is 38.2 Å². The molecule has 0 atom stereocenters. The summed E-state index contributed by atoms with van der Waals surface area (Å²) in [5, 5.41) is 4.33. The zero-order chi connectivity index (χ0) is 14.9. The van der Waals surface area contributed by atoms with Crippen molar-refractivity contribution in [2.24, 2.45) is 7.05 Å². The van der Waals surface area contributed by atoms with Crippen molar-refractivity contribution in [3.63, 3.8) is 0 Å². The number of rotatable bonds is 3. The standard InChI is InChI=1S/C17H22N2O/c1-6-15-14(11-19(5)18-15)16(20)12-7-9-13(10-8-12)17(2,3)4/h7-11H,6H2,1-5H3. The van der Waals surface area contributed by atoms with Gasteiger partial charge in [0.1, 0.15) is 0 Å². The third-order valence-electron chi connectivity index (χ3n) is 3.50. The summed E-state index contributed by atoms with van der Waals surface area (Å²) < 4.78 is 1.70. The molecule has 1 aromatic heterocycles. The van der Waals surface area contributed by atoms with Crippen LogP contribution in [0.5, 0.6) is 0 Å². The van der Waals surface area contributed by atoms with Crippen LogP contribution in [0.25, 0.3) is 0 Å². The Labute approximate surface area is 120 Å². The lowest BCUT2D eigenvalue weighted by atomic mass is 9.86. The van der Waals surface area contributed by atoms with E-state index in [1.54, 1.807) is 10.9 Å². The number of hydrogen-bond acceptors (Lipinski definition) is 2. The van der Waals surface area contributed by atoms with Crippen molar-refractivity contribution in [1.29, 1.82) is 0 Å². The van der Waals surface area contributed by atoms with E-state index in [1.165, 1.54) is 5.56 Å². The molecule has 0 aliphatic rings. The normalized spacial score (nSPS) is 11.7. The quantitative estimate of drug-likeness (QED) is 0.800. The molecule has 2 aromatic rings. The highest BCUT2D eigenvalue weighted by atomic mass is 16.1. The number of carbonyl (C=O) groups excluding carboxylic acids is 1. The van der Waals surface area contributed by atoms with Gasteiger partial charge < -0.3 is 0 Å². The monoisotopic (exact) mass is 270 g/mol. The number of aromatic nitrogens is 2. The Morgan fingerprint density at radius 2 is 1.80 bits per heavy atom. The van der Waals surface area contributed by atoms with Gasteiger partial charge in [0.05, 0.1) is 11.3 Å². The predicted molar refractivity (Wildman–Crippen MR) is 81.2 cm³/mol. The third-order valence-corrected chi connectivity index (χ3v) is 3.50. The van der Waals surface area contributed by atoms with Crippen molar-refractivity contribution in [2.45, 2.75) is 39.5 Å². The predicted octanol–water partition coefficient (Wildman–Crippen LogP) is 3.51. The lowest BCUT2D eigenvalue weighted by Gasteiger charge is -2.18. The number of ketones is 1. The molecule has 0 saturated heterocycles. The molecule has 1 heterocycles. The highest BCUT2D eigenvalue weighted by Gasteiger charge is 2.18. The number of aryl methyl sites for hydroxylation is 2. The number of benzene rings is 1. The molecule has 1 aromatic carbocycles. The summed E-state index contributed by atoms with van der Waals surface area (Å²) in [7, 11) is 1.85. The molecule has 3 nitrogen and oxygen atoms in total. The molecule has 0 unspecified atom stereocenters. The minimum absolute atomic E-state index is 0.0513. The molecule has 0 aliphatic heterocycles. The summed E-state index contributed by atoms with van der Waals surface area (Å²) in [5.41, 5.74) is 3.62. The molecule has 0 saturated carbocycles. The lowest BCUT2D eigenvalue weighted by Crippen LogP contribution is -2.11. The zero-order valence-corrected chi connectivity index (χ0v) is 12.9. The number of nitrogens with zero attached hydrogens (tertiary/aromatic N) is 2. The average Bonchev–Trinajstić information content (AvgIpc) is 2.78. The van der Waals surface area contributed by atoms with Crippen LogP contribution in [0.2, 0.25) is 0 Å². The van der Waals surface area contributed by atoms with E-state index >= 15 is 0 Å². The minimum Gasteiger partial charge on any atom is -0.288 e. The van der Waals surface area contributed by atoms with E-state index < -0.39 is 0 Å². The maximum absolute atomic E-state index is 12.5. The van der Waals surface area contributed by atoms with Gasteiger partial charge in [0.2, 0.25) is 0 Å². The summed E-state index contributed by atoms with van der Waals surface area (Å²) in [4.78, 5) is 12.5. The van der Waals surface area contributed by atoms with Crippen LogP contribution in [0.15, 0.2) is 30.5 Å². The molecular weight excluding hydrogens is 248 g/mol. The largest absolute Gasteiger partial charge is 0.288 e. The fraction of sp³-hybridized carbons (Fsp3) is 0.412. The van der Waals surface area contributed by atoms with E-state index in [-0.39, 0.29) is 11.2 Å². The molecule has 0 bridgehead atoms. The Balaban J connectivity index is 2.34. The Morgan fingerprint density at radius 3 is 2.30 bits per heavy atom. The molecule has 106 valence electrons. The van der Waals surface area contributed by atoms with Crippen LogP contribution >= 0.6 is 0 Å². The van der Waals surface area contributed by atoms with Gasteiger partial charge in [-0.05, 0) is 17.4 Å². The molecule has 20 heavy (non-hydrogen) atoms. The van der Waals surface area contributed by atoms with Gasteiger partial charge in [0.15, 0.2) is 5.78 Å². The number of carbonyl (C=O) groups is 1.